The van der Waals surface area contributed by atoms with E-state index in [2.05, 4.69) is 29.0 Å². The van der Waals surface area contributed by atoms with Gasteiger partial charge in [-0.3, -0.25) is 9.97 Å². The highest BCUT2D eigenvalue weighted by Gasteiger charge is 2.61. The molecular formula is C27H30N2O3. The molecule has 5 rings (SSSR count). The monoisotopic (exact) mass is 430 g/mol. The molecule has 1 saturated carbocycles. The maximum Gasteiger partial charge on any atom is 0.135 e. The number of nitrogens with zero attached hydrogens (tertiary/aromatic N) is 2. The second-order valence-electron chi connectivity index (χ2n) is 9.58. The van der Waals surface area contributed by atoms with Crippen LogP contribution in [-0.2, 0) is 17.4 Å². The maximum atomic E-state index is 11.7. The Hall–Kier alpha value is -2.76. The highest BCUT2D eigenvalue weighted by Crippen LogP contribution is 2.59. The molecule has 2 N–H and O–H groups in total. The largest absolute Gasteiger partial charge is 0.457 e. The molecule has 2 aliphatic rings. The first-order valence-electron chi connectivity index (χ1n) is 11.5. The molecule has 3 unspecified atom stereocenters. The van der Waals surface area contributed by atoms with Gasteiger partial charge in [-0.2, -0.15) is 0 Å². The minimum absolute atomic E-state index is 0.187. The fourth-order valence-electron chi connectivity index (χ4n) is 6.16. The van der Waals surface area contributed by atoms with Gasteiger partial charge in [-0.05, 0) is 92.5 Å². The van der Waals surface area contributed by atoms with Crippen molar-refractivity contribution >= 4 is 0 Å². The Kier molecular flexibility index (Phi) is 5.06. The van der Waals surface area contributed by atoms with Crippen LogP contribution in [0.2, 0.25) is 0 Å². The Bertz CT molecular complexity index is 1100. The smallest absolute Gasteiger partial charge is 0.135 e. The molecule has 2 heterocycles. The van der Waals surface area contributed by atoms with Gasteiger partial charge in [0.05, 0.1) is 11.3 Å². The second-order valence-corrected chi connectivity index (χ2v) is 9.58. The first-order valence-corrected chi connectivity index (χ1v) is 11.5. The van der Waals surface area contributed by atoms with Gasteiger partial charge in [0, 0.05) is 24.0 Å². The highest BCUT2D eigenvalue weighted by molar-refractivity contribution is 5.46. The predicted molar refractivity (Wildman–Crippen MR) is 123 cm³/mol. The number of hydrogen-bond donors (Lipinski definition) is 2. The van der Waals surface area contributed by atoms with E-state index in [1.54, 1.807) is 25.5 Å². The van der Waals surface area contributed by atoms with Crippen molar-refractivity contribution in [3.8, 4) is 11.5 Å². The number of benzene rings is 1. The lowest BCUT2D eigenvalue weighted by atomic mass is 9.49. The molecule has 0 amide bonds. The van der Waals surface area contributed by atoms with Gasteiger partial charge in [0.25, 0.3) is 0 Å². The van der Waals surface area contributed by atoms with Gasteiger partial charge in [-0.15, -0.1) is 0 Å². The number of aryl methyl sites for hydroxylation is 1. The van der Waals surface area contributed by atoms with Crippen molar-refractivity contribution < 1.29 is 14.9 Å². The molecule has 5 nitrogen and oxygen atoms in total. The molecule has 3 aromatic rings. The zero-order chi connectivity index (χ0) is 22.4. The fraction of sp³-hybridized carbons (Fsp3) is 0.407. The number of fused-ring (bicyclic) bond motifs is 3. The van der Waals surface area contributed by atoms with Crippen LogP contribution in [0.4, 0.5) is 0 Å². The van der Waals surface area contributed by atoms with Crippen LogP contribution in [0.15, 0.2) is 67.1 Å². The Morgan fingerprint density at radius 2 is 1.84 bits per heavy atom. The van der Waals surface area contributed by atoms with Crippen LogP contribution >= 0.6 is 0 Å². The van der Waals surface area contributed by atoms with E-state index in [1.165, 1.54) is 11.1 Å². The van der Waals surface area contributed by atoms with E-state index in [0.717, 1.165) is 30.8 Å². The number of aliphatic hydroxyl groups is 2. The van der Waals surface area contributed by atoms with E-state index in [1.807, 2.05) is 36.4 Å². The van der Waals surface area contributed by atoms with Gasteiger partial charge >= 0.3 is 0 Å². The third-order valence-electron chi connectivity index (χ3n) is 7.85. The van der Waals surface area contributed by atoms with Gasteiger partial charge in [0.2, 0.25) is 0 Å². The van der Waals surface area contributed by atoms with Crippen LogP contribution in [0.3, 0.4) is 0 Å². The van der Waals surface area contributed by atoms with Crippen LogP contribution in [0.5, 0.6) is 11.5 Å². The fourth-order valence-corrected chi connectivity index (χ4v) is 6.16. The summed E-state index contributed by atoms with van der Waals surface area (Å²) >= 11 is 0. The number of rotatable bonds is 4. The molecule has 0 saturated heterocycles. The normalized spacial score (nSPS) is 31.4. The maximum absolute atomic E-state index is 11.7. The van der Waals surface area contributed by atoms with Gasteiger partial charge < -0.3 is 14.9 Å². The van der Waals surface area contributed by atoms with Crippen LogP contribution in [0.25, 0.3) is 0 Å². The summed E-state index contributed by atoms with van der Waals surface area (Å²) in [5, 5.41) is 23.4. The molecule has 32 heavy (non-hydrogen) atoms. The molecule has 2 aliphatic carbocycles. The van der Waals surface area contributed by atoms with Crippen molar-refractivity contribution in [2.45, 2.75) is 62.6 Å². The van der Waals surface area contributed by atoms with E-state index in [4.69, 9.17) is 4.74 Å². The van der Waals surface area contributed by atoms with Crippen LogP contribution in [-0.4, -0.2) is 25.8 Å². The van der Waals surface area contributed by atoms with Crippen molar-refractivity contribution in [1.29, 1.82) is 0 Å². The molecule has 2 aromatic heterocycles. The lowest BCUT2D eigenvalue weighted by Crippen LogP contribution is -2.62. The average molecular weight is 431 g/mol. The third-order valence-corrected chi connectivity index (χ3v) is 7.85. The molecule has 4 atom stereocenters. The first-order chi connectivity index (χ1) is 15.4. The summed E-state index contributed by atoms with van der Waals surface area (Å²) in [6.45, 7) is 3.97. The molecule has 5 heteroatoms. The molecule has 0 bridgehead atoms. The molecule has 1 aromatic carbocycles. The number of hydrogen-bond acceptors (Lipinski definition) is 5. The molecular weight excluding hydrogens is 400 g/mol. The summed E-state index contributed by atoms with van der Waals surface area (Å²) in [4.78, 5) is 8.46. The van der Waals surface area contributed by atoms with Crippen LogP contribution < -0.4 is 4.74 Å². The lowest BCUT2D eigenvalue weighted by molar-refractivity contribution is -0.207. The molecule has 0 radical (unpaired) electrons. The Balaban J connectivity index is 1.51. The van der Waals surface area contributed by atoms with Crippen molar-refractivity contribution in [3.63, 3.8) is 0 Å². The van der Waals surface area contributed by atoms with Crippen LogP contribution in [0.1, 0.15) is 56.4 Å². The minimum Gasteiger partial charge on any atom is -0.457 e. The van der Waals surface area contributed by atoms with Gasteiger partial charge in [-0.1, -0.05) is 19.1 Å². The van der Waals surface area contributed by atoms with Gasteiger partial charge in [0.15, 0.2) is 0 Å². The Morgan fingerprint density at radius 1 is 1.03 bits per heavy atom. The summed E-state index contributed by atoms with van der Waals surface area (Å²) in [7, 11) is 0. The molecule has 166 valence electrons. The zero-order valence-electron chi connectivity index (χ0n) is 18.7. The Morgan fingerprint density at radius 3 is 2.56 bits per heavy atom. The summed E-state index contributed by atoms with van der Waals surface area (Å²) in [5.74, 6) is 1.84. The topological polar surface area (TPSA) is 75.5 Å². The van der Waals surface area contributed by atoms with E-state index in [0.29, 0.717) is 18.5 Å². The van der Waals surface area contributed by atoms with Crippen molar-refractivity contribution in [3.05, 3.63) is 83.9 Å². The summed E-state index contributed by atoms with van der Waals surface area (Å²) < 4.78 is 6.04. The molecule has 0 aliphatic heterocycles. The highest BCUT2D eigenvalue weighted by atomic mass is 16.5. The molecule has 0 spiro atoms. The van der Waals surface area contributed by atoms with E-state index < -0.39 is 11.2 Å². The second kappa shape index (κ2) is 7.68. The first kappa shape index (κ1) is 21.1. The zero-order valence-corrected chi connectivity index (χ0v) is 18.7. The van der Waals surface area contributed by atoms with Gasteiger partial charge in [0.1, 0.15) is 17.1 Å². The Labute approximate surface area is 189 Å². The van der Waals surface area contributed by atoms with Crippen molar-refractivity contribution in [1.82, 2.24) is 9.97 Å². The third kappa shape index (κ3) is 3.23. The SMILES string of the molecule is CCC12CC(C)(O)C(O)(c3ccccn3)C[C@H]1CCc1cc(Oc3ccncc3)ccc12. The van der Waals surface area contributed by atoms with Crippen molar-refractivity contribution in [2.24, 2.45) is 5.92 Å². The van der Waals surface area contributed by atoms with Crippen LogP contribution in [0, 0.1) is 5.92 Å². The predicted octanol–water partition coefficient (Wildman–Crippen LogP) is 4.91. The summed E-state index contributed by atoms with van der Waals surface area (Å²) in [5.41, 5.74) is 0.263. The average Bonchev–Trinajstić information content (AvgIpc) is 2.81. The molecule has 1 fully saturated rings. The van der Waals surface area contributed by atoms with E-state index >= 15 is 0 Å². The number of aromatic nitrogens is 2. The quantitative estimate of drug-likeness (QED) is 0.615. The van der Waals surface area contributed by atoms with Gasteiger partial charge in [-0.25, -0.2) is 0 Å². The summed E-state index contributed by atoms with van der Waals surface area (Å²) in [6, 6.07) is 15.6. The summed E-state index contributed by atoms with van der Waals surface area (Å²) in [6.07, 6.45) is 8.91. The number of pyridine rings is 2. The van der Waals surface area contributed by atoms with E-state index in [9.17, 15) is 10.2 Å². The lowest BCUT2D eigenvalue weighted by Gasteiger charge is -2.58. The van der Waals surface area contributed by atoms with Crippen molar-refractivity contribution in [2.75, 3.05) is 0 Å². The standard InChI is InChI=1S/C27H30N2O3/c1-3-26-18-25(2,30)27(31,24-6-4-5-13-29-24)17-20(26)8-7-19-16-22(9-10-23(19)26)32-21-11-14-28-15-12-21/h4-6,9-16,20,30-31H,3,7-8,17-18H2,1-2H3/t20-,25?,26?,27?/m1/s1. The minimum atomic E-state index is -1.36. The number of ether oxygens (including phenoxy) is 1. The van der Waals surface area contributed by atoms with E-state index in [-0.39, 0.29) is 11.3 Å².